The minimum absolute atomic E-state index is 0.0747. The van der Waals surface area contributed by atoms with Gasteiger partial charge in [0.15, 0.2) is 5.16 Å². The van der Waals surface area contributed by atoms with Crippen LogP contribution in [0.15, 0.2) is 34.2 Å². The molecule has 0 spiro atoms. The van der Waals surface area contributed by atoms with Crippen LogP contribution in [0.2, 0.25) is 0 Å². The molecule has 2 aromatic heterocycles. The third-order valence-corrected chi connectivity index (χ3v) is 4.45. The van der Waals surface area contributed by atoms with Crippen LogP contribution >= 0.6 is 11.8 Å². The number of aromatic nitrogens is 4. The van der Waals surface area contributed by atoms with Crippen LogP contribution in [-0.4, -0.2) is 37.5 Å². The lowest BCUT2D eigenvalue weighted by Crippen LogP contribution is -2.23. The average Bonchev–Trinajstić information content (AvgIpc) is 3.01. The van der Waals surface area contributed by atoms with E-state index in [9.17, 15) is 9.59 Å². The van der Waals surface area contributed by atoms with Crippen LogP contribution < -0.4 is 5.56 Å². The number of carbonyl (C=O) groups is 1. The predicted octanol–water partition coefficient (Wildman–Crippen LogP) is 2.11. The molecule has 0 saturated heterocycles. The first kappa shape index (κ1) is 16.5. The molecule has 24 heavy (non-hydrogen) atoms. The zero-order chi connectivity index (χ0) is 17.1. The lowest BCUT2D eigenvalue weighted by atomic mass is 10.2. The van der Waals surface area contributed by atoms with Gasteiger partial charge in [0, 0.05) is 6.54 Å². The van der Waals surface area contributed by atoms with Gasteiger partial charge in [-0.25, -0.2) is 0 Å². The quantitative estimate of drug-likeness (QED) is 0.502. The maximum Gasteiger partial charge on any atom is 0.316 e. The molecule has 0 radical (unpaired) electrons. The molecule has 0 atom stereocenters. The highest BCUT2D eigenvalue weighted by atomic mass is 32.2. The standard InChI is InChI=1S/C16H18N4O3S/c1-3-9-19-14(22)11-7-5-6-8-12(11)20-15(19)17-18-16(20)24-10-13(21)23-4-2/h5-8H,3-4,9-10H2,1-2H3. The number of fused-ring (bicyclic) bond motifs is 3. The summed E-state index contributed by atoms with van der Waals surface area (Å²) < 4.78 is 8.41. The zero-order valence-corrected chi connectivity index (χ0v) is 14.4. The van der Waals surface area contributed by atoms with E-state index >= 15 is 0 Å². The van der Waals surface area contributed by atoms with Gasteiger partial charge in [-0.1, -0.05) is 30.8 Å². The molecule has 8 heteroatoms. The number of nitrogens with zero attached hydrogens (tertiary/aromatic N) is 4. The topological polar surface area (TPSA) is 78.5 Å². The molecule has 0 N–H and O–H groups in total. The van der Waals surface area contributed by atoms with Crippen molar-refractivity contribution in [1.82, 2.24) is 19.2 Å². The summed E-state index contributed by atoms with van der Waals surface area (Å²) in [7, 11) is 0. The van der Waals surface area contributed by atoms with Crippen molar-refractivity contribution in [3.05, 3.63) is 34.6 Å². The number of para-hydroxylation sites is 1. The summed E-state index contributed by atoms with van der Waals surface area (Å²) in [4.78, 5) is 24.3. The predicted molar refractivity (Wildman–Crippen MR) is 92.4 cm³/mol. The van der Waals surface area contributed by atoms with Gasteiger partial charge in [-0.05, 0) is 25.5 Å². The van der Waals surface area contributed by atoms with E-state index in [2.05, 4.69) is 10.2 Å². The molecule has 0 aliphatic heterocycles. The van der Waals surface area contributed by atoms with E-state index in [1.807, 2.05) is 29.5 Å². The lowest BCUT2D eigenvalue weighted by molar-refractivity contribution is -0.139. The second kappa shape index (κ2) is 7.04. The van der Waals surface area contributed by atoms with Gasteiger partial charge < -0.3 is 4.74 Å². The lowest BCUT2D eigenvalue weighted by Gasteiger charge is -2.10. The molecule has 1 aromatic carbocycles. The van der Waals surface area contributed by atoms with Crippen LogP contribution in [0, 0.1) is 0 Å². The smallest absolute Gasteiger partial charge is 0.316 e. The van der Waals surface area contributed by atoms with Crippen molar-refractivity contribution in [3.63, 3.8) is 0 Å². The van der Waals surface area contributed by atoms with Gasteiger partial charge in [0.2, 0.25) is 5.78 Å². The highest BCUT2D eigenvalue weighted by Gasteiger charge is 2.17. The van der Waals surface area contributed by atoms with Gasteiger partial charge in [-0.2, -0.15) is 0 Å². The number of aryl methyl sites for hydroxylation is 1. The van der Waals surface area contributed by atoms with E-state index in [0.717, 1.165) is 11.9 Å². The van der Waals surface area contributed by atoms with Gasteiger partial charge >= 0.3 is 5.97 Å². The zero-order valence-electron chi connectivity index (χ0n) is 13.6. The van der Waals surface area contributed by atoms with Crippen molar-refractivity contribution < 1.29 is 9.53 Å². The summed E-state index contributed by atoms with van der Waals surface area (Å²) in [5.74, 6) is 0.341. The van der Waals surface area contributed by atoms with Crippen LogP contribution in [0.4, 0.5) is 0 Å². The summed E-state index contributed by atoms with van der Waals surface area (Å²) in [5, 5.41) is 9.52. The van der Waals surface area contributed by atoms with Gasteiger partial charge in [-0.15, -0.1) is 10.2 Å². The minimum atomic E-state index is -0.301. The summed E-state index contributed by atoms with van der Waals surface area (Å²) in [5.41, 5.74) is 0.663. The second-order valence-electron chi connectivity index (χ2n) is 5.19. The Morgan fingerprint density at radius 2 is 2.04 bits per heavy atom. The molecule has 2 heterocycles. The molecule has 0 aliphatic rings. The molecule has 0 aliphatic carbocycles. The highest BCUT2D eigenvalue weighted by Crippen LogP contribution is 2.21. The minimum Gasteiger partial charge on any atom is -0.465 e. The highest BCUT2D eigenvalue weighted by molar-refractivity contribution is 7.99. The van der Waals surface area contributed by atoms with Gasteiger partial charge in [-0.3, -0.25) is 18.6 Å². The first-order valence-corrected chi connectivity index (χ1v) is 8.81. The van der Waals surface area contributed by atoms with E-state index in [1.165, 1.54) is 11.8 Å². The Labute approximate surface area is 142 Å². The number of thioether (sulfide) groups is 1. The Morgan fingerprint density at radius 1 is 1.25 bits per heavy atom. The molecule has 0 amide bonds. The number of rotatable bonds is 6. The van der Waals surface area contributed by atoms with Crippen molar-refractivity contribution in [3.8, 4) is 0 Å². The Hall–Kier alpha value is -2.35. The number of hydrogen-bond donors (Lipinski definition) is 0. The molecular formula is C16H18N4O3S. The van der Waals surface area contributed by atoms with Gasteiger partial charge in [0.25, 0.3) is 5.56 Å². The van der Waals surface area contributed by atoms with Crippen molar-refractivity contribution in [2.24, 2.45) is 0 Å². The monoisotopic (exact) mass is 346 g/mol. The third kappa shape index (κ3) is 2.89. The molecule has 0 unspecified atom stereocenters. The molecule has 126 valence electrons. The van der Waals surface area contributed by atoms with Crippen LogP contribution in [-0.2, 0) is 16.1 Å². The van der Waals surface area contributed by atoms with Crippen LogP contribution in [0.3, 0.4) is 0 Å². The van der Waals surface area contributed by atoms with E-state index in [0.29, 0.717) is 29.5 Å². The summed E-state index contributed by atoms with van der Waals surface area (Å²) in [6.45, 7) is 4.68. The molecular weight excluding hydrogens is 328 g/mol. The Kier molecular flexibility index (Phi) is 4.84. The molecule has 0 bridgehead atoms. The van der Waals surface area contributed by atoms with Crippen LogP contribution in [0.25, 0.3) is 16.7 Å². The van der Waals surface area contributed by atoms with Crippen molar-refractivity contribution >= 4 is 34.4 Å². The largest absolute Gasteiger partial charge is 0.465 e. The fourth-order valence-corrected chi connectivity index (χ4v) is 3.32. The molecule has 0 fully saturated rings. The van der Waals surface area contributed by atoms with Crippen molar-refractivity contribution in [1.29, 1.82) is 0 Å². The number of carbonyl (C=O) groups excluding carboxylic acids is 1. The summed E-state index contributed by atoms with van der Waals surface area (Å²) in [6, 6.07) is 7.35. The summed E-state index contributed by atoms with van der Waals surface area (Å²) >= 11 is 1.25. The second-order valence-corrected chi connectivity index (χ2v) is 6.13. The number of hydrogen-bond acceptors (Lipinski definition) is 6. The fourth-order valence-electron chi connectivity index (χ4n) is 2.58. The number of ether oxygens (including phenoxy) is 1. The third-order valence-electron chi connectivity index (χ3n) is 3.55. The molecule has 0 saturated carbocycles. The fraction of sp³-hybridized carbons (Fsp3) is 0.375. The van der Waals surface area contributed by atoms with Crippen LogP contribution in [0.1, 0.15) is 20.3 Å². The number of benzene rings is 1. The van der Waals surface area contributed by atoms with Gasteiger partial charge in [0.1, 0.15) is 0 Å². The van der Waals surface area contributed by atoms with E-state index in [4.69, 9.17) is 4.74 Å². The summed E-state index contributed by atoms with van der Waals surface area (Å²) in [6.07, 6.45) is 0.812. The average molecular weight is 346 g/mol. The molecule has 3 rings (SSSR count). The maximum atomic E-state index is 12.7. The Bertz CT molecular complexity index is 948. The van der Waals surface area contributed by atoms with Crippen molar-refractivity contribution in [2.45, 2.75) is 32.0 Å². The van der Waals surface area contributed by atoms with Crippen molar-refractivity contribution in [2.75, 3.05) is 12.4 Å². The van der Waals surface area contributed by atoms with E-state index < -0.39 is 0 Å². The van der Waals surface area contributed by atoms with E-state index in [1.54, 1.807) is 17.6 Å². The van der Waals surface area contributed by atoms with Crippen LogP contribution in [0.5, 0.6) is 0 Å². The van der Waals surface area contributed by atoms with Gasteiger partial charge in [0.05, 0.1) is 23.3 Å². The maximum absolute atomic E-state index is 12.7. The Balaban J connectivity index is 2.16. The van der Waals surface area contributed by atoms with E-state index in [-0.39, 0.29) is 17.3 Å². The first-order valence-electron chi connectivity index (χ1n) is 7.82. The number of esters is 1. The molecule has 3 aromatic rings. The molecule has 7 nitrogen and oxygen atoms in total. The Morgan fingerprint density at radius 3 is 2.79 bits per heavy atom. The SMILES string of the molecule is CCCn1c(=O)c2ccccc2n2c(SCC(=O)OCC)nnc12. The normalized spacial score (nSPS) is 11.2. The first-order chi connectivity index (χ1) is 11.7.